The molecule has 1 aromatic carbocycles. The Bertz CT molecular complexity index is 399. The van der Waals surface area contributed by atoms with Crippen LogP contribution in [0.3, 0.4) is 0 Å². The van der Waals surface area contributed by atoms with Crippen LogP contribution >= 0.6 is 27.7 Å². The molecule has 1 aromatic rings. The average Bonchev–Trinajstić information content (AvgIpc) is 2.35. The van der Waals surface area contributed by atoms with Crippen LogP contribution < -0.4 is 10.6 Å². The predicted octanol–water partition coefficient (Wildman–Crippen LogP) is 2.79. The molecule has 100 valence electrons. The van der Waals surface area contributed by atoms with E-state index < -0.39 is 0 Å². The highest BCUT2D eigenvalue weighted by Gasteiger charge is 2.04. The van der Waals surface area contributed by atoms with Crippen molar-refractivity contribution >= 4 is 33.6 Å². The van der Waals surface area contributed by atoms with E-state index in [1.54, 1.807) is 11.8 Å². The molecule has 0 aliphatic carbocycles. The van der Waals surface area contributed by atoms with Gasteiger partial charge in [-0.1, -0.05) is 28.9 Å². The Morgan fingerprint density at radius 3 is 2.72 bits per heavy atom. The Hall–Kier alpha value is -0.520. The summed E-state index contributed by atoms with van der Waals surface area (Å²) in [6.07, 6.45) is 0. The van der Waals surface area contributed by atoms with Gasteiger partial charge in [-0.05, 0) is 31.2 Å². The third kappa shape index (κ3) is 5.42. The molecule has 1 rings (SSSR count). The highest BCUT2D eigenvalue weighted by Crippen LogP contribution is 2.25. The zero-order valence-corrected chi connectivity index (χ0v) is 13.2. The standard InChI is InChI=1S/C13H19BrN2OS/c1-3-15-8-10-5-6-11(7-12(10)14)18-9-13(17)16-4-2/h5-7,15H,3-4,8-9H2,1-2H3,(H,16,17). The molecule has 5 heteroatoms. The fourth-order valence-corrected chi connectivity index (χ4v) is 2.85. The summed E-state index contributed by atoms with van der Waals surface area (Å²) in [4.78, 5) is 12.5. The van der Waals surface area contributed by atoms with Gasteiger partial charge in [-0.3, -0.25) is 4.79 Å². The molecule has 0 aliphatic heterocycles. The highest BCUT2D eigenvalue weighted by molar-refractivity contribution is 9.10. The van der Waals surface area contributed by atoms with Crippen LogP contribution in [0.5, 0.6) is 0 Å². The summed E-state index contributed by atoms with van der Waals surface area (Å²) in [6.45, 7) is 6.52. The van der Waals surface area contributed by atoms with E-state index in [1.165, 1.54) is 5.56 Å². The van der Waals surface area contributed by atoms with Crippen LogP contribution in [-0.2, 0) is 11.3 Å². The Kier molecular flexibility index (Phi) is 7.39. The largest absolute Gasteiger partial charge is 0.356 e. The molecule has 18 heavy (non-hydrogen) atoms. The van der Waals surface area contributed by atoms with Crippen LogP contribution in [0, 0.1) is 0 Å². The van der Waals surface area contributed by atoms with Gasteiger partial charge in [-0.15, -0.1) is 11.8 Å². The fraction of sp³-hybridized carbons (Fsp3) is 0.462. The zero-order valence-electron chi connectivity index (χ0n) is 10.8. The number of hydrogen-bond acceptors (Lipinski definition) is 3. The van der Waals surface area contributed by atoms with E-state index in [-0.39, 0.29) is 5.91 Å². The lowest BCUT2D eigenvalue weighted by Crippen LogP contribution is -2.24. The Morgan fingerprint density at radius 2 is 2.11 bits per heavy atom. The molecule has 0 fully saturated rings. The molecule has 0 aromatic heterocycles. The first-order valence-electron chi connectivity index (χ1n) is 6.06. The predicted molar refractivity (Wildman–Crippen MR) is 80.9 cm³/mol. The lowest BCUT2D eigenvalue weighted by atomic mass is 10.2. The van der Waals surface area contributed by atoms with Gasteiger partial charge in [0.1, 0.15) is 0 Å². The number of carbonyl (C=O) groups excluding carboxylic acids is 1. The van der Waals surface area contributed by atoms with Crippen LogP contribution in [0.1, 0.15) is 19.4 Å². The number of thioether (sulfide) groups is 1. The smallest absolute Gasteiger partial charge is 0.230 e. The number of nitrogens with one attached hydrogen (secondary N) is 2. The van der Waals surface area contributed by atoms with Gasteiger partial charge < -0.3 is 10.6 Å². The minimum atomic E-state index is 0.0790. The summed E-state index contributed by atoms with van der Waals surface area (Å²) in [6, 6.07) is 6.21. The summed E-state index contributed by atoms with van der Waals surface area (Å²) < 4.78 is 1.09. The second-order valence-corrected chi connectivity index (χ2v) is 5.68. The molecule has 0 atom stereocenters. The summed E-state index contributed by atoms with van der Waals surface area (Å²) in [7, 11) is 0. The molecule has 3 nitrogen and oxygen atoms in total. The van der Waals surface area contributed by atoms with Gasteiger partial charge in [-0.2, -0.15) is 0 Å². The Labute approximate surface area is 121 Å². The minimum Gasteiger partial charge on any atom is -0.356 e. The Morgan fingerprint density at radius 1 is 1.33 bits per heavy atom. The molecule has 2 N–H and O–H groups in total. The van der Waals surface area contributed by atoms with E-state index >= 15 is 0 Å². The van der Waals surface area contributed by atoms with Crippen LogP contribution in [0.25, 0.3) is 0 Å². The molecule has 0 spiro atoms. The summed E-state index contributed by atoms with van der Waals surface area (Å²) in [5, 5.41) is 6.08. The van der Waals surface area contributed by atoms with E-state index in [2.05, 4.69) is 51.7 Å². The Balaban J connectivity index is 2.53. The molecule has 0 radical (unpaired) electrons. The van der Waals surface area contributed by atoms with Gasteiger partial charge in [0.15, 0.2) is 0 Å². The first kappa shape index (κ1) is 15.5. The molecule has 0 saturated carbocycles. The molecule has 0 heterocycles. The first-order chi connectivity index (χ1) is 8.67. The summed E-state index contributed by atoms with van der Waals surface area (Å²) >= 11 is 5.11. The number of benzene rings is 1. The van der Waals surface area contributed by atoms with Crippen molar-refractivity contribution in [1.29, 1.82) is 0 Å². The number of amides is 1. The maximum atomic E-state index is 11.4. The van der Waals surface area contributed by atoms with Crippen LogP contribution in [0.4, 0.5) is 0 Å². The van der Waals surface area contributed by atoms with Crippen LogP contribution in [0.15, 0.2) is 27.6 Å². The topological polar surface area (TPSA) is 41.1 Å². The van der Waals surface area contributed by atoms with Crippen molar-refractivity contribution in [2.75, 3.05) is 18.8 Å². The highest BCUT2D eigenvalue weighted by atomic mass is 79.9. The summed E-state index contributed by atoms with van der Waals surface area (Å²) in [5.41, 5.74) is 1.24. The number of hydrogen-bond donors (Lipinski definition) is 2. The van der Waals surface area contributed by atoms with Gasteiger partial charge >= 0.3 is 0 Å². The lowest BCUT2D eigenvalue weighted by molar-refractivity contribution is -0.118. The van der Waals surface area contributed by atoms with Gasteiger partial charge in [-0.25, -0.2) is 0 Å². The van der Waals surface area contributed by atoms with Gasteiger partial charge in [0, 0.05) is 22.5 Å². The van der Waals surface area contributed by atoms with Crippen molar-refractivity contribution in [3.05, 3.63) is 28.2 Å². The SMILES string of the molecule is CCNCc1ccc(SCC(=O)NCC)cc1Br. The second kappa shape index (κ2) is 8.56. The summed E-state index contributed by atoms with van der Waals surface area (Å²) in [5.74, 6) is 0.544. The first-order valence-corrected chi connectivity index (χ1v) is 7.83. The molecule has 0 aliphatic rings. The van der Waals surface area contributed by atoms with E-state index in [9.17, 15) is 4.79 Å². The van der Waals surface area contributed by atoms with Crippen LogP contribution in [0.2, 0.25) is 0 Å². The molecular formula is C13H19BrN2OS. The third-order valence-electron chi connectivity index (χ3n) is 2.33. The second-order valence-electron chi connectivity index (χ2n) is 3.78. The van der Waals surface area contributed by atoms with Gasteiger partial charge in [0.25, 0.3) is 0 Å². The monoisotopic (exact) mass is 330 g/mol. The van der Waals surface area contributed by atoms with E-state index in [0.717, 1.165) is 22.5 Å². The zero-order chi connectivity index (χ0) is 13.4. The van der Waals surface area contributed by atoms with Crippen LogP contribution in [-0.4, -0.2) is 24.7 Å². The maximum absolute atomic E-state index is 11.4. The maximum Gasteiger partial charge on any atom is 0.230 e. The van der Waals surface area contributed by atoms with Crippen molar-refractivity contribution in [2.45, 2.75) is 25.3 Å². The normalized spacial score (nSPS) is 10.4. The van der Waals surface area contributed by atoms with Crippen molar-refractivity contribution in [3.8, 4) is 0 Å². The van der Waals surface area contributed by atoms with E-state index in [1.807, 2.05) is 6.92 Å². The molecule has 0 bridgehead atoms. The van der Waals surface area contributed by atoms with Gasteiger partial charge in [0.2, 0.25) is 5.91 Å². The molecule has 1 amide bonds. The molecule has 0 saturated heterocycles. The van der Waals surface area contributed by atoms with Gasteiger partial charge in [0.05, 0.1) is 5.75 Å². The third-order valence-corrected chi connectivity index (χ3v) is 4.07. The number of rotatable bonds is 7. The quantitative estimate of drug-likeness (QED) is 0.755. The molecule has 0 unspecified atom stereocenters. The fourth-order valence-electron chi connectivity index (χ4n) is 1.42. The number of halogens is 1. The van der Waals surface area contributed by atoms with E-state index in [4.69, 9.17) is 0 Å². The van der Waals surface area contributed by atoms with Crippen molar-refractivity contribution in [2.24, 2.45) is 0 Å². The lowest BCUT2D eigenvalue weighted by Gasteiger charge is -2.08. The molecular weight excluding hydrogens is 312 g/mol. The van der Waals surface area contributed by atoms with Crippen molar-refractivity contribution in [3.63, 3.8) is 0 Å². The average molecular weight is 331 g/mol. The van der Waals surface area contributed by atoms with Crippen molar-refractivity contribution < 1.29 is 4.79 Å². The van der Waals surface area contributed by atoms with E-state index in [0.29, 0.717) is 12.3 Å². The number of carbonyl (C=O) groups is 1. The minimum absolute atomic E-state index is 0.0790. The van der Waals surface area contributed by atoms with Crippen molar-refractivity contribution in [1.82, 2.24) is 10.6 Å².